The summed E-state index contributed by atoms with van der Waals surface area (Å²) in [7, 11) is 0. The van der Waals surface area contributed by atoms with Crippen LogP contribution in [-0.2, 0) is 28.7 Å². The molecule has 4 heterocycles. The second kappa shape index (κ2) is 12.8. The second-order valence-corrected chi connectivity index (χ2v) is 12.1. The normalized spacial score (nSPS) is 28.0. The summed E-state index contributed by atoms with van der Waals surface area (Å²) in [5.41, 5.74) is 4.32. The van der Waals surface area contributed by atoms with Crippen LogP contribution in [0, 0.1) is 11.3 Å². The fourth-order valence-electron chi connectivity index (χ4n) is 5.79. The Balaban J connectivity index is 1.53. The summed E-state index contributed by atoms with van der Waals surface area (Å²) in [6.07, 6.45) is 5.24. The van der Waals surface area contributed by atoms with E-state index in [1.807, 2.05) is 56.3 Å². The summed E-state index contributed by atoms with van der Waals surface area (Å²) in [6, 6.07) is 7.19. The first-order chi connectivity index (χ1) is 20.6. The van der Waals surface area contributed by atoms with Gasteiger partial charge in [0, 0.05) is 25.1 Å². The number of carbonyl (C=O) groups excluding carboxylic acids is 4. The molecule has 0 saturated carbocycles. The molecule has 3 amide bonds. The highest BCUT2D eigenvalue weighted by Crippen LogP contribution is 2.34. The van der Waals surface area contributed by atoms with E-state index >= 15 is 0 Å². The van der Waals surface area contributed by atoms with Gasteiger partial charge in [-0.05, 0) is 63.1 Å². The zero-order valence-electron chi connectivity index (χ0n) is 25.2. The fraction of sp³-hybridized carbons (Fsp3) is 0.531. The van der Waals surface area contributed by atoms with Gasteiger partial charge in [0.2, 0.25) is 11.8 Å². The van der Waals surface area contributed by atoms with Crippen LogP contribution in [0.5, 0.6) is 0 Å². The van der Waals surface area contributed by atoms with Crippen LogP contribution in [0.25, 0.3) is 17.0 Å². The largest absolute Gasteiger partial charge is 0.455 e. The molecule has 0 radical (unpaired) electrons. The van der Waals surface area contributed by atoms with Gasteiger partial charge in [-0.3, -0.25) is 24.2 Å². The lowest BCUT2D eigenvalue weighted by molar-refractivity contribution is -0.157. The molecule has 5 rings (SSSR count). The lowest BCUT2D eigenvalue weighted by atomic mass is 9.78. The van der Waals surface area contributed by atoms with Crippen LogP contribution < -0.4 is 16.1 Å². The number of benzene rings is 1. The molecule has 3 aliphatic heterocycles. The number of nitrogens with zero attached hydrogens (tertiary/aromatic N) is 2. The number of carbonyl (C=O) groups is 4. The molecule has 5 bridgehead atoms. The summed E-state index contributed by atoms with van der Waals surface area (Å²) in [5, 5.41) is 8.07. The Morgan fingerprint density at radius 2 is 1.77 bits per heavy atom. The van der Waals surface area contributed by atoms with Gasteiger partial charge in [-0.25, -0.2) is 10.4 Å². The van der Waals surface area contributed by atoms with Gasteiger partial charge in [0.1, 0.15) is 24.2 Å². The molecule has 230 valence electrons. The highest BCUT2D eigenvalue weighted by Gasteiger charge is 2.40. The van der Waals surface area contributed by atoms with Crippen LogP contribution in [0.1, 0.15) is 70.7 Å². The van der Waals surface area contributed by atoms with E-state index in [2.05, 4.69) is 16.1 Å². The van der Waals surface area contributed by atoms with Gasteiger partial charge in [-0.2, -0.15) is 0 Å². The molecule has 2 aromatic rings. The van der Waals surface area contributed by atoms with Gasteiger partial charge in [0.05, 0.1) is 16.6 Å². The Hall–Kier alpha value is -3.83. The maximum absolute atomic E-state index is 13.9. The molecule has 4 atom stereocenters. The maximum Gasteiger partial charge on any atom is 0.325 e. The number of pyridine rings is 1. The lowest BCUT2D eigenvalue weighted by Gasteiger charge is -2.36. The summed E-state index contributed by atoms with van der Waals surface area (Å²) in [4.78, 5) is 58.5. The average molecular weight is 592 g/mol. The minimum Gasteiger partial charge on any atom is -0.455 e. The van der Waals surface area contributed by atoms with Gasteiger partial charge in [-0.1, -0.05) is 44.2 Å². The van der Waals surface area contributed by atoms with Gasteiger partial charge in [-0.15, -0.1) is 0 Å². The highest BCUT2D eigenvalue weighted by atomic mass is 16.5. The van der Waals surface area contributed by atoms with E-state index in [0.717, 1.165) is 16.5 Å². The molecule has 43 heavy (non-hydrogen) atoms. The van der Waals surface area contributed by atoms with Crippen LogP contribution in [0.2, 0.25) is 0 Å². The van der Waals surface area contributed by atoms with Crippen LogP contribution in [0.3, 0.4) is 0 Å². The van der Waals surface area contributed by atoms with Crippen LogP contribution >= 0.6 is 0 Å². The number of hydrogen-bond acceptors (Lipinski definition) is 8. The number of amides is 3. The third kappa shape index (κ3) is 6.73. The Kier molecular flexibility index (Phi) is 9.12. The third-order valence-electron chi connectivity index (χ3n) is 8.58. The number of ether oxygens (including phenoxy) is 2. The van der Waals surface area contributed by atoms with Crippen LogP contribution in [-0.4, -0.2) is 71.6 Å². The van der Waals surface area contributed by atoms with Crippen molar-refractivity contribution >= 4 is 40.7 Å². The van der Waals surface area contributed by atoms with E-state index in [0.29, 0.717) is 51.1 Å². The van der Waals surface area contributed by atoms with Gasteiger partial charge in [0.15, 0.2) is 0 Å². The van der Waals surface area contributed by atoms with Crippen molar-refractivity contribution in [3.05, 3.63) is 47.7 Å². The zero-order valence-corrected chi connectivity index (χ0v) is 25.2. The van der Waals surface area contributed by atoms with E-state index in [1.165, 1.54) is 5.01 Å². The van der Waals surface area contributed by atoms with E-state index in [9.17, 15) is 19.2 Å². The van der Waals surface area contributed by atoms with E-state index in [-0.39, 0.29) is 17.7 Å². The Bertz CT molecular complexity index is 1420. The molecule has 3 unspecified atom stereocenters. The molecule has 11 nitrogen and oxygen atoms in total. The van der Waals surface area contributed by atoms with Gasteiger partial charge in [0.25, 0.3) is 5.91 Å². The minimum absolute atomic E-state index is 0.233. The van der Waals surface area contributed by atoms with Crippen molar-refractivity contribution in [1.82, 2.24) is 26.1 Å². The number of hydrazine groups is 1. The molecular formula is C32H41N5O6. The fourth-order valence-corrected chi connectivity index (χ4v) is 5.79. The summed E-state index contributed by atoms with van der Waals surface area (Å²) in [5.74, 6) is -1.79. The average Bonchev–Trinajstić information content (AvgIpc) is 3.01. The summed E-state index contributed by atoms with van der Waals surface area (Å²) < 4.78 is 11.4. The Morgan fingerprint density at radius 3 is 2.51 bits per heavy atom. The number of fused-ring (bicyclic) bond motifs is 4. The number of aromatic nitrogens is 1. The number of esters is 1. The summed E-state index contributed by atoms with van der Waals surface area (Å²) >= 11 is 0. The van der Waals surface area contributed by atoms with E-state index in [4.69, 9.17) is 14.5 Å². The van der Waals surface area contributed by atoms with Crippen molar-refractivity contribution in [1.29, 1.82) is 0 Å². The van der Waals surface area contributed by atoms with Crippen molar-refractivity contribution in [2.75, 3.05) is 19.8 Å². The second-order valence-electron chi connectivity index (χ2n) is 12.1. The number of hydrogen-bond donors (Lipinski definition) is 3. The first-order valence-electron chi connectivity index (χ1n) is 15.1. The number of rotatable bonds is 1. The van der Waals surface area contributed by atoms with Crippen LogP contribution in [0.4, 0.5) is 0 Å². The molecular weight excluding hydrogens is 550 g/mol. The minimum atomic E-state index is -0.889. The van der Waals surface area contributed by atoms with Crippen molar-refractivity contribution in [3.63, 3.8) is 0 Å². The molecule has 11 heteroatoms. The van der Waals surface area contributed by atoms with Crippen molar-refractivity contribution < 1.29 is 28.7 Å². The van der Waals surface area contributed by atoms with Crippen molar-refractivity contribution in [3.8, 4) is 0 Å². The monoisotopic (exact) mass is 591 g/mol. The number of nitrogens with one attached hydrogen (secondary N) is 3. The molecule has 3 aliphatic rings. The number of cyclic esters (lactones) is 1. The molecule has 1 spiro atoms. The zero-order chi connectivity index (χ0) is 30.7. The SMILES string of the molecule is CC1NC(=O)C(C(C)C)NC(=O)C2(/C=C/c3ccc4ccc(nc4c3)[C@@H](C)OC(=O)C3CCCN(N3)C1=O)CCOCC2. The van der Waals surface area contributed by atoms with Gasteiger partial charge >= 0.3 is 5.97 Å². The predicted molar refractivity (Wildman–Crippen MR) is 160 cm³/mol. The quantitative estimate of drug-likeness (QED) is 0.431. The molecule has 3 N–H and O–H groups in total. The predicted octanol–water partition coefficient (Wildman–Crippen LogP) is 2.80. The Morgan fingerprint density at radius 1 is 1.02 bits per heavy atom. The van der Waals surface area contributed by atoms with E-state index in [1.54, 1.807) is 13.8 Å². The van der Waals surface area contributed by atoms with Crippen molar-refractivity contribution in [2.45, 2.75) is 77.6 Å². The summed E-state index contributed by atoms with van der Waals surface area (Å²) in [6.45, 7) is 8.30. The molecule has 2 saturated heterocycles. The molecule has 1 aromatic carbocycles. The maximum atomic E-state index is 13.9. The third-order valence-corrected chi connectivity index (χ3v) is 8.58. The molecule has 2 fully saturated rings. The van der Waals surface area contributed by atoms with Crippen LogP contribution in [0.15, 0.2) is 36.4 Å². The highest BCUT2D eigenvalue weighted by molar-refractivity contribution is 5.94. The first-order valence-corrected chi connectivity index (χ1v) is 15.1. The van der Waals surface area contributed by atoms with Gasteiger partial charge < -0.3 is 20.1 Å². The molecule has 0 aliphatic carbocycles. The van der Waals surface area contributed by atoms with Crippen molar-refractivity contribution in [2.24, 2.45) is 11.3 Å². The van der Waals surface area contributed by atoms with E-state index < -0.39 is 41.5 Å². The molecule has 1 aromatic heterocycles. The standard InChI is InChI=1S/C32H41N5O6/c1-19(2)27-28(38)33-20(3)29(39)37-15-5-6-25(36-37)30(40)43-21(4)24-10-9-23-8-7-22(18-26(23)34-24)11-12-32(31(41)35-27)13-16-42-17-14-32/h7-12,18-21,25,27,36H,5-6,13-17H2,1-4H3,(H,33,38)(H,35,41)/b12-11+/t20?,21-,25?,27?/m1/s1. The first kappa shape index (κ1) is 30.6. The topological polar surface area (TPSA) is 139 Å². The smallest absolute Gasteiger partial charge is 0.325 e. The lowest BCUT2D eigenvalue weighted by Crippen LogP contribution is -2.61. The Labute approximate surface area is 251 Å².